The molecular formula is C16H18F3NO3. The number of benzene rings is 1. The molecule has 0 aliphatic heterocycles. The highest BCUT2D eigenvalue weighted by atomic mass is 19.4. The number of amides is 1. The van der Waals surface area contributed by atoms with Crippen molar-refractivity contribution in [1.29, 1.82) is 0 Å². The van der Waals surface area contributed by atoms with Gasteiger partial charge in [0.05, 0.1) is 6.54 Å². The van der Waals surface area contributed by atoms with Crippen molar-refractivity contribution in [3.05, 3.63) is 30.3 Å². The summed E-state index contributed by atoms with van der Waals surface area (Å²) in [6, 6.07) is 8.57. The molecule has 0 N–H and O–H groups in total. The van der Waals surface area contributed by atoms with Crippen molar-refractivity contribution in [2.45, 2.75) is 32.5 Å². The van der Waals surface area contributed by atoms with Crippen LogP contribution in [0, 0.1) is 11.8 Å². The molecule has 0 saturated carbocycles. The molecule has 7 heteroatoms. The number of hydrogen-bond donors (Lipinski definition) is 0. The molecule has 1 aromatic rings. The van der Waals surface area contributed by atoms with E-state index in [1.165, 1.54) is 0 Å². The number of rotatable bonds is 4. The molecule has 0 heterocycles. The van der Waals surface area contributed by atoms with Gasteiger partial charge in [0.15, 0.2) is 6.73 Å². The number of carbonyl (C=O) groups is 1. The van der Waals surface area contributed by atoms with Crippen LogP contribution < -0.4 is 4.74 Å². The van der Waals surface area contributed by atoms with Crippen LogP contribution in [0.15, 0.2) is 30.3 Å². The average molecular weight is 329 g/mol. The van der Waals surface area contributed by atoms with E-state index in [2.05, 4.69) is 0 Å². The van der Waals surface area contributed by atoms with Crippen molar-refractivity contribution in [2.75, 3.05) is 13.3 Å². The molecule has 0 fully saturated rings. The van der Waals surface area contributed by atoms with Crippen LogP contribution in [-0.2, 0) is 4.74 Å². The van der Waals surface area contributed by atoms with Gasteiger partial charge < -0.3 is 9.47 Å². The van der Waals surface area contributed by atoms with E-state index < -0.39 is 24.4 Å². The zero-order chi connectivity index (χ0) is 17.5. The Kier molecular flexibility index (Phi) is 6.31. The fourth-order valence-electron chi connectivity index (χ4n) is 1.39. The summed E-state index contributed by atoms with van der Waals surface area (Å²) < 4.78 is 46.8. The number of halogens is 3. The second-order valence-corrected chi connectivity index (χ2v) is 5.56. The van der Waals surface area contributed by atoms with E-state index in [4.69, 9.17) is 9.47 Å². The Morgan fingerprint density at radius 3 is 2.30 bits per heavy atom. The molecule has 0 unspecified atom stereocenters. The van der Waals surface area contributed by atoms with Gasteiger partial charge in [-0.3, -0.25) is 4.90 Å². The third-order valence-corrected chi connectivity index (χ3v) is 2.28. The van der Waals surface area contributed by atoms with Gasteiger partial charge in [-0.1, -0.05) is 24.1 Å². The van der Waals surface area contributed by atoms with Crippen LogP contribution in [0.3, 0.4) is 0 Å². The highest BCUT2D eigenvalue weighted by Gasteiger charge is 2.24. The zero-order valence-electron chi connectivity index (χ0n) is 13.1. The SMILES string of the molecule is CC(C)(C)OC(=O)N(CC#CC(F)(F)F)COc1ccccc1. The molecular weight excluding hydrogens is 311 g/mol. The van der Waals surface area contributed by atoms with Crippen LogP contribution in [0.4, 0.5) is 18.0 Å². The second kappa shape index (κ2) is 7.77. The van der Waals surface area contributed by atoms with Crippen LogP contribution in [0.25, 0.3) is 0 Å². The van der Waals surface area contributed by atoms with Crippen molar-refractivity contribution in [1.82, 2.24) is 4.90 Å². The Bertz CT molecular complexity index is 568. The highest BCUT2D eigenvalue weighted by Crippen LogP contribution is 2.14. The lowest BCUT2D eigenvalue weighted by atomic mass is 10.2. The molecule has 0 spiro atoms. The minimum Gasteiger partial charge on any atom is -0.473 e. The predicted molar refractivity (Wildman–Crippen MR) is 78.7 cm³/mol. The summed E-state index contributed by atoms with van der Waals surface area (Å²) in [5.41, 5.74) is -0.778. The quantitative estimate of drug-likeness (QED) is 0.622. The van der Waals surface area contributed by atoms with E-state index in [0.29, 0.717) is 5.75 Å². The third-order valence-electron chi connectivity index (χ3n) is 2.28. The van der Waals surface area contributed by atoms with Crippen LogP contribution >= 0.6 is 0 Å². The smallest absolute Gasteiger partial charge is 0.457 e. The minimum atomic E-state index is -4.61. The Labute approximate surface area is 133 Å². The summed E-state index contributed by atoms with van der Waals surface area (Å²) in [5, 5.41) is 0. The molecule has 0 aliphatic rings. The summed E-state index contributed by atoms with van der Waals surface area (Å²) >= 11 is 0. The van der Waals surface area contributed by atoms with E-state index in [9.17, 15) is 18.0 Å². The monoisotopic (exact) mass is 329 g/mol. The molecule has 126 valence electrons. The number of hydrogen-bond acceptors (Lipinski definition) is 3. The molecule has 0 bridgehead atoms. The highest BCUT2D eigenvalue weighted by molar-refractivity contribution is 5.68. The first-order valence-electron chi connectivity index (χ1n) is 6.79. The Hall–Kier alpha value is -2.36. The lowest BCUT2D eigenvalue weighted by Crippen LogP contribution is -2.39. The summed E-state index contributed by atoms with van der Waals surface area (Å²) in [5.74, 6) is 3.49. The molecule has 23 heavy (non-hydrogen) atoms. The molecule has 0 aromatic heterocycles. The van der Waals surface area contributed by atoms with E-state index in [-0.39, 0.29) is 6.73 Å². The lowest BCUT2D eigenvalue weighted by Gasteiger charge is -2.26. The summed E-state index contributed by atoms with van der Waals surface area (Å²) in [7, 11) is 0. The molecule has 1 aromatic carbocycles. The number of alkyl halides is 3. The first-order valence-corrected chi connectivity index (χ1v) is 6.79. The van der Waals surface area contributed by atoms with Crippen molar-refractivity contribution in [3.63, 3.8) is 0 Å². The standard InChI is InChI=1S/C16H18F3NO3/c1-15(2,3)23-14(21)20(11-7-10-16(17,18)19)12-22-13-8-5-4-6-9-13/h4-6,8-9H,11-12H2,1-3H3. The molecule has 4 nitrogen and oxygen atoms in total. The molecule has 0 atom stereocenters. The Morgan fingerprint density at radius 2 is 1.78 bits per heavy atom. The minimum absolute atomic E-state index is 0.272. The van der Waals surface area contributed by atoms with Crippen molar-refractivity contribution in [2.24, 2.45) is 0 Å². The lowest BCUT2D eigenvalue weighted by molar-refractivity contribution is -0.0698. The van der Waals surface area contributed by atoms with Crippen LogP contribution in [0.2, 0.25) is 0 Å². The van der Waals surface area contributed by atoms with Gasteiger partial charge >= 0.3 is 12.3 Å². The molecule has 1 rings (SSSR count). The van der Waals surface area contributed by atoms with Gasteiger partial charge in [0.2, 0.25) is 0 Å². The predicted octanol–water partition coefficient (Wildman–Crippen LogP) is 3.83. The van der Waals surface area contributed by atoms with E-state index in [1.807, 2.05) is 5.92 Å². The Morgan fingerprint density at radius 1 is 1.17 bits per heavy atom. The van der Waals surface area contributed by atoms with E-state index >= 15 is 0 Å². The zero-order valence-corrected chi connectivity index (χ0v) is 13.1. The van der Waals surface area contributed by atoms with Gasteiger partial charge in [0.25, 0.3) is 0 Å². The van der Waals surface area contributed by atoms with Gasteiger partial charge in [-0.2, -0.15) is 13.2 Å². The van der Waals surface area contributed by atoms with Crippen molar-refractivity contribution < 1.29 is 27.4 Å². The van der Waals surface area contributed by atoms with E-state index in [1.54, 1.807) is 51.1 Å². The maximum absolute atomic E-state index is 12.1. The topological polar surface area (TPSA) is 38.8 Å². The number of para-hydroxylation sites is 1. The summed E-state index contributed by atoms with van der Waals surface area (Å²) in [6.07, 6.45) is -5.41. The largest absolute Gasteiger partial charge is 0.473 e. The number of carbonyl (C=O) groups excluding carboxylic acids is 1. The Balaban J connectivity index is 2.74. The normalized spacial score (nSPS) is 11.2. The van der Waals surface area contributed by atoms with Gasteiger partial charge in [0.1, 0.15) is 11.4 Å². The molecule has 0 aliphatic carbocycles. The molecule has 0 radical (unpaired) electrons. The maximum atomic E-state index is 12.1. The first kappa shape index (κ1) is 18.7. The molecule has 1 amide bonds. The average Bonchev–Trinajstić information content (AvgIpc) is 2.40. The number of nitrogens with zero attached hydrogens (tertiary/aromatic N) is 1. The van der Waals surface area contributed by atoms with Gasteiger partial charge in [-0.15, -0.1) is 0 Å². The van der Waals surface area contributed by atoms with Crippen molar-refractivity contribution >= 4 is 6.09 Å². The summed E-state index contributed by atoms with van der Waals surface area (Å²) in [4.78, 5) is 13.0. The van der Waals surface area contributed by atoms with Crippen LogP contribution in [-0.4, -0.2) is 36.0 Å². The summed E-state index contributed by atoms with van der Waals surface area (Å²) in [6.45, 7) is 4.24. The fourth-order valence-corrected chi connectivity index (χ4v) is 1.39. The maximum Gasteiger partial charge on any atom is 0.457 e. The molecule has 0 saturated heterocycles. The number of ether oxygens (including phenoxy) is 2. The van der Waals surface area contributed by atoms with Crippen LogP contribution in [0.5, 0.6) is 5.75 Å². The van der Waals surface area contributed by atoms with Gasteiger partial charge in [0, 0.05) is 5.92 Å². The van der Waals surface area contributed by atoms with Crippen LogP contribution in [0.1, 0.15) is 20.8 Å². The fraction of sp³-hybridized carbons (Fsp3) is 0.438. The van der Waals surface area contributed by atoms with Gasteiger partial charge in [-0.05, 0) is 32.9 Å². The van der Waals surface area contributed by atoms with Crippen molar-refractivity contribution in [3.8, 4) is 17.6 Å². The second-order valence-electron chi connectivity index (χ2n) is 5.56. The first-order chi connectivity index (χ1) is 10.6. The van der Waals surface area contributed by atoms with E-state index in [0.717, 1.165) is 10.8 Å². The third kappa shape index (κ3) is 8.61. The van der Waals surface area contributed by atoms with Gasteiger partial charge in [-0.25, -0.2) is 4.79 Å².